The third kappa shape index (κ3) is 3.27. The van der Waals surface area contributed by atoms with E-state index in [9.17, 15) is 13.2 Å². The number of aryl methyl sites for hydroxylation is 2. The Kier molecular flexibility index (Phi) is 4.33. The van der Waals surface area contributed by atoms with Crippen LogP contribution in [-0.4, -0.2) is 0 Å². The fraction of sp³-hybridized carbons (Fsp3) is 0.200. The van der Waals surface area contributed by atoms with Gasteiger partial charge in [0, 0.05) is 50.2 Å². The summed E-state index contributed by atoms with van der Waals surface area (Å²) in [5, 5.41) is 0. The van der Waals surface area contributed by atoms with Crippen molar-refractivity contribution in [3.8, 4) is 11.4 Å². The maximum atomic E-state index is 13.5. The fourth-order valence-electron chi connectivity index (χ4n) is 2.95. The predicted molar refractivity (Wildman–Crippen MR) is 88.7 cm³/mol. The number of aromatic nitrogens is 2. The van der Waals surface area contributed by atoms with Gasteiger partial charge in [-0.3, -0.25) is 0 Å². The second-order valence-electron chi connectivity index (χ2n) is 6.06. The first kappa shape index (κ1) is 17.1. The molecule has 5 heteroatoms. The molecule has 0 atom stereocenters. The smallest absolute Gasteiger partial charge is 0.166 e. The summed E-state index contributed by atoms with van der Waals surface area (Å²) in [5.41, 5.74) is 2.91. The van der Waals surface area contributed by atoms with Gasteiger partial charge < -0.3 is 0 Å². The first-order valence-corrected chi connectivity index (χ1v) is 7.96. The van der Waals surface area contributed by atoms with Crippen LogP contribution in [0.3, 0.4) is 0 Å². The number of alkyl halides is 3. The average molecular weight is 344 g/mol. The van der Waals surface area contributed by atoms with Crippen LogP contribution in [0.2, 0.25) is 0 Å². The number of rotatable bonds is 2. The first-order chi connectivity index (χ1) is 11.8. The zero-order valence-electron chi connectivity index (χ0n) is 14.3. The lowest BCUT2D eigenvalue weighted by atomic mass is 10.1. The van der Waals surface area contributed by atoms with Crippen molar-refractivity contribution in [1.82, 2.24) is 0 Å². The number of benzene rings is 1. The van der Waals surface area contributed by atoms with Crippen molar-refractivity contribution >= 4 is 0 Å². The van der Waals surface area contributed by atoms with Crippen molar-refractivity contribution < 1.29 is 22.3 Å². The first-order valence-electron chi connectivity index (χ1n) is 7.96. The molecule has 0 aliphatic rings. The van der Waals surface area contributed by atoms with Crippen LogP contribution in [0.1, 0.15) is 22.5 Å². The number of halogens is 3. The SMILES string of the molecule is Cc1c(-[n+]2ccccc2C)cc(C(F)(F)F)cc1-[n+]1ccccc1C. The van der Waals surface area contributed by atoms with Gasteiger partial charge >= 0.3 is 6.18 Å². The van der Waals surface area contributed by atoms with Crippen LogP contribution in [0, 0.1) is 20.8 Å². The van der Waals surface area contributed by atoms with E-state index in [1.807, 2.05) is 57.2 Å². The normalized spacial score (nSPS) is 11.6. The van der Waals surface area contributed by atoms with E-state index in [2.05, 4.69) is 0 Å². The fourth-order valence-corrected chi connectivity index (χ4v) is 2.95. The number of hydrogen-bond acceptors (Lipinski definition) is 0. The third-order valence-electron chi connectivity index (χ3n) is 4.33. The highest BCUT2D eigenvalue weighted by molar-refractivity contribution is 5.48. The number of nitrogens with zero attached hydrogens (tertiary/aromatic N) is 2. The molecule has 3 rings (SSSR count). The Hall–Kier alpha value is -2.69. The lowest BCUT2D eigenvalue weighted by Crippen LogP contribution is -2.39. The monoisotopic (exact) mass is 344 g/mol. The summed E-state index contributed by atoms with van der Waals surface area (Å²) in [6, 6.07) is 13.5. The highest BCUT2D eigenvalue weighted by atomic mass is 19.4. The van der Waals surface area contributed by atoms with Gasteiger partial charge in [-0.2, -0.15) is 22.3 Å². The lowest BCUT2D eigenvalue weighted by molar-refractivity contribution is -0.612. The summed E-state index contributed by atoms with van der Waals surface area (Å²) >= 11 is 0. The van der Waals surface area contributed by atoms with Gasteiger partial charge in [0.25, 0.3) is 0 Å². The van der Waals surface area contributed by atoms with Crippen LogP contribution in [0.25, 0.3) is 11.4 Å². The molecule has 25 heavy (non-hydrogen) atoms. The Morgan fingerprint density at radius 3 is 1.52 bits per heavy atom. The molecule has 2 nitrogen and oxygen atoms in total. The molecule has 0 saturated heterocycles. The third-order valence-corrected chi connectivity index (χ3v) is 4.33. The van der Waals surface area contributed by atoms with E-state index in [0.717, 1.165) is 17.0 Å². The molecule has 0 unspecified atom stereocenters. The molecule has 0 aliphatic heterocycles. The molecule has 0 bridgehead atoms. The summed E-state index contributed by atoms with van der Waals surface area (Å²) in [6.07, 6.45) is -0.849. The Morgan fingerprint density at radius 1 is 0.720 bits per heavy atom. The van der Waals surface area contributed by atoms with E-state index < -0.39 is 11.7 Å². The second kappa shape index (κ2) is 6.31. The maximum absolute atomic E-state index is 13.5. The molecule has 0 N–H and O–H groups in total. The van der Waals surface area contributed by atoms with Gasteiger partial charge in [0.1, 0.15) is 0 Å². The molecule has 0 aliphatic carbocycles. The molecule has 0 radical (unpaired) electrons. The van der Waals surface area contributed by atoms with E-state index in [1.165, 1.54) is 12.1 Å². The molecule has 2 heterocycles. The topological polar surface area (TPSA) is 7.76 Å². The van der Waals surface area contributed by atoms with Gasteiger partial charge in [-0.05, 0) is 6.92 Å². The zero-order chi connectivity index (χ0) is 18.2. The number of hydrogen-bond donors (Lipinski definition) is 0. The molecule has 0 fully saturated rings. The molecule has 1 aromatic carbocycles. The Bertz CT molecular complexity index is 864. The molecule has 0 amide bonds. The van der Waals surface area contributed by atoms with Crippen LogP contribution in [-0.2, 0) is 6.18 Å². The van der Waals surface area contributed by atoms with Gasteiger partial charge in [-0.1, -0.05) is 12.1 Å². The van der Waals surface area contributed by atoms with Gasteiger partial charge in [0.15, 0.2) is 23.8 Å². The second-order valence-corrected chi connectivity index (χ2v) is 6.06. The largest absolute Gasteiger partial charge is 0.416 e. The van der Waals surface area contributed by atoms with Crippen molar-refractivity contribution in [2.75, 3.05) is 0 Å². The minimum Gasteiger partial charge on any atom is -0.166 e. The van der Waals surface area contributed by atoms with Crippen LogP contribution in [0.15, 0.2) is 60.9 Å². The highest BCUT2D eigenvalue weighted by Crippen LogP contribution is 2.32. The molecular formula is C20H19F3N2+2. The van der Waals surface area contributed by atoms with E-state index >= 15 is 0 Å². The predicted octanol–water partition coefficient (Wildman–Crippen LogP) is 4.18. The van der Waals surface area contributed by atoms with Crippen LogP contribution >= 0.6 is 0 Å². The summed E-state index contributed by atoms with van der Waals surface area (Å²) in [7, 11) is 0. The maximum Gasteiger partial charge on any atom is 0.416 e. The average Bonchev–Trinajstić information content (AvgIpc) is 2.55. The standard InChI is InChI=1S/C20H19F3N2/c1-14-8-4-6-10-24(14)18-12-17(20(21,22)23)13-19(16(18)3)25-11-7-5-9-15(25)2/h4-13H,1-3H3/q+2. The van der Waals surface area contributed by atoms with Crippen molar-refractivity contribution in [3.63, 3.8) is 0 Å². The summed E-state index contributed by atoms with van der Waals surface area (Å²) in [4.78, 5) is 0. The lowest BCUT2D eigenvalue weighted by Gasteiger charge is -2.11. The molecule has 2 aromatic heterocycles. The Labute approximate surface area is 144 Å². The van der Waals surface area contributed by atoms with Crippen molar-refractivity contribution in [3.05, 3.63) is 83.4 Å². The minimum absolute atomic E-state index is 0.527. The Balaban J connectivity index is 2.35. The van der Waals surface area contributed by atoms with Gasteiger partial charge in [0.2, 0.25) is 11.4 Å². The minimum atomic E-state index is -4.41. The van der Waals surface area contributed by atoms with E-state index in [-0.39, 0.29) is 0 Å². The highest BCUT2D eigenvalue weighted by Gasteiger charge is 2.35. The van der Waals surface area contributed by atoms with Gasteiger partial charge in [0.05, 0.1) is 11.1 Å². The quantitative estimate of drug-likeness (QED) is 0.616. The zero-order valence-corrected chi connectivity index (χ0v) is 14.3. The van der Waals surface area contributed by atoms with Crippen molar-refractivity contribution in [2.45, 2.75) is 26.9 Å². The van der Waals surface area contributed by atoms with Crippen LogP contribution < -0.4 is 9.13 Å². The van der Waals surface area contributed by atoms with Crippen LogP contribution in [0.5, 0.6) is 0 Å². The Morgan fingerprint density at radius 2 is 1.16 bits per heavy atom. The number of pyridine rings is 2. The van der Waals surface area contributed by atoms with Gasteiger partial charge in [-0.15, -0.1) is 0 Å². The molecule has 0 saturated carbocycles. The summed E-state index contributed by atoms with van der Waals surface area (Å²) < 4.78 is 44.1. The van der Waals surface area contributed by atoms with Crippen LogP contribution in [0.4, 0.5) is 13.2 Å². The van der Waals surface area contributed by atoms with Crippen molar-refractivity contribution in [2.24, 2.45) is 0 Å². The molecule has 3 aromatic rings. The summed E-state index contributed by atoms with van der Waals surface area (Å²) in [5.74, 6) is 0. The van der Waals surface area contributed by atoms with E-state index in [4.69, 9.17) is 0 Å². The molecular weight excluding hydrogens is 325 g/mol. The molecule has 128 valence electrons. The molecule has 0 spiro atoms. The van der Waals surface area contributed by atoms with Gasteiger partial charge in [-0.25, -0.2) is 0 Å². The van der Waals surface area contributed by atoms with E-state index in [1.54, 1.807) is 21.5 Å². The van der Waals surface area contributed by atoms with E-state index in [0.29, 0.717) is 11.4 Å². The summed E-state index contributed by atoms with van der Waals surface area (Å²) in [6.45, 7) is 5.60. The van der Waals surface area contributed by atoms with Crippen molar-refractivity contribution in [1.29, 1.82) is 0 Å².